The van der Waals surface area contributed by atoms with Crippen molar-refractivity contribution in [3.05, 3.63) is 65.8 Å². The van der Waals surface area contributed by atoms with Crippen LogP contribution in [-0.4, -0.2) is 22.6 Å². The first kappa shape index (κ1) is 20.0. The molecule has 0 radical (unpaired) electrons. The molecule has 0 spiro atoms. The van der Waals surface area contributed by atoms with Crippen molar-refractivity contribution in [2.75, 3.05) is 7.05 Å². The Morgan fingerprint density at radius 2 is 1.88 bits per heavy atom. The number of benzene rings is 1. The Morgan fingerprint density at radius 3 is 2.54 bits per heavy atom. The second-order valence-corrected chi connectivity index (χ2v) is 5.90. The van der Waals surface area contributed by atoms with Crippen molar-refractivity contribution in [3.8, 4) is 11.5 Å². The van der Waals surface area contributed by atoms with Crippen LogP contribution >= 0.6 is 24.0 Å². The maximum atomic E-state index is 5.58. The molecule has 0 bridgehead atoms. The van der Waals surface area contributed by atoms with Gasteiger partial charge in [0, 0.05) is 31.5 Å². The molecule has 0 aliphatic carbocycles. The van der Waals surface area contributed by atoms with E-state index >= 15 is 0 Å². The fourth-order valence-corrected chi connectivity index (χ4v) is 2.47. The van der Waals surface area contributed by atoms with Crippen LogP contribution < -0.4 is 10.6 Å². The third-order valence-electron chi connectivity index (χ3n) is 4.00. The van der Waals surface area contributed by atoms with E-state index in [0.29, 0.717) is 19.0 Å². The summed E-state index contributed by atoms with van der Waals surface area (Å²) < 4.78 is 7.65. The van der Waals surface area contributed by atoms with Gasteiger partial charge in [-0.25, -0.2) is 4.98 Å². The molecule has 2 N–H and O–H groups in total. The highest BCUT2D eigenvalue weighted by Crippen LogP contribution is 2.18. The largest absolute Gasteiger partial charge is 0.444 e. The summed E-state index contributed by atoms with van der Waals surface area (Å²) in [6.07, 6.45) is 3.70. The molecule has 0 unspecified atom stereocenters. The number of nitrogens with one attached hydrogen (secondary N) is 2. The van der Waals surface area contributed by atoms with E-state index in [4.69, 9.17) is 4.42 Å². The van der Waals surface area contributed by atoms with Gasteiger partial charge in [-0.05, 0) is 31.2 Å². The van der Waals surface area contributed by atoms with E-state index < -0.39 is 0 Å². The summed E-state index contributed by atoms with van der Waals surface area (Å²) in [4.78, 5) is 8.76. The van der Waals surface area contributed by atoms with Crippen LogP contribution in [0.15, 0.2) is 58.3 Å². The van der Waals surface area contributed by atoms with Crippen LogP contribution in [-0.2, 0) is 20.1 Å². The van der Waals surface area contributed by atoms with Crippen LogP contribution in [0.2, 0.25) is 0 Å². The minimum Gasteiger partial charge on any atom is -0.444 e. The van der Waals surface area contributed by atoms with Gasteiger partial charge in [0.15, 0.2) is 5.96 Å². The van der Waals surface area contributed by atoms with Crippen molar-refractivity contribution in [3.63, 3.8) is 0 Å². The van der Waals surface area contributed by atoms with Gasteiger partial charge in [-0.1, -0.05) is 17.7 Å². The molecule has 138 valence electrons. The number of halogens is 1. The number of aromatic nitrogens is 2. The topological polar surface area (TPSA) is 67.4 Å². The summed E-state index contributed by atoms with van der Waals surface area (Å²) in [5, 5.41) is 6.54. The fourth-order valence-electron chi connectivity index (χ4n) is 2.47. The molecule has 3 rings (SSSR count). The standard InChI is InChI=1S/C19H23N5O.HI/c1-14-6-8-15(9-7-14)18-23-16(13-25-18)11-21-19(20-2)22-12-17-5-4-10-24(17)3;/h4-10,13H,11-12H2,1-3H3,(H2,20,21,22);1H. The predicted molar refractivity (Wildman–Crippen MR) is 115 cm³/mol. The summed E-state index contributed by atoms with van der Waals surface area (Å²) in [6, 6.07) is 12.2. The summed E-state index contributed by atoms with van der Waals surface area (Å²) in [7, 11) is 3.77. The summed E-state index contributed by atoms with van der Waals surface area (Å²) in [5.41, 5.74) is 4.21. The zero-order valence-corrected chi connectivity index (χ0v) is 17.5. The molecule has 6 nitrogen and oxygen atoms in total. The molecule has 26 heavy (non-hydrogen) atoms. The van der Waals surface area contributed by atoms with Crippen molar-refractivity contribution in [1.82, 2.24) is 20.2 Å². The lowest BCUT2D eigenvalue weighted by atomic mass is 10.1. The van der Waals surface area contributed by atoms with E-state index in [2.05, 4.69) is 38.2 Å². The highest BCUT2D eigenvalue weighted by atomic mass is 127. The molecular formula is C19H24IN5O. The number of rotatable bonds is 5. The number of guanidine groups is 1. The van der Waals surface area contributed by atoms with Gasteiger partial charge >= 0.3 is 0 Å². The van der Waals surface area contributed by atoms with Crippen molar-refractivity contribution in [2.24, 2.45) is 12.0 Å². The smallest absolute Gasteiger partial charge is 0.226 e. The zero-order valence-electron chi connectivity index (χ0n) is 15.2. The molecule has 0 saturated heterocycles. The van der Waals surface area contributed by atoms with E-state index in [9.17, 15) is 0 Å². The van der Waals surface area contributed by atoms with Gasteiger partial charge in [-0.15, -0.1) is 24.0 Å². The first-order chi connectivity index (χ1) is 12.2. The Morgan fingerprint density at radius 1 is 1.15 bits per heavy atom. The highest BCUT2D eigenvalue weighted by Gasteiger charge is 2.07. The Hall–Kier alpha value is -2.29. The average Bonchev–Trinajstić information content (AvgIpc) is 3.25. The van der Waals surface area contributed by atoms with Crippen LogP contribution in [0.25, 0.3) is 11.5 Å². The van der Waals surface area contributed by atoms with Gasteiger partial charge in [0.05, 0.1) is 18.8 Å². The summed E-state index contributed by atoms with van der Waals surface area (Å²) in [6.45, 7) is 3.31. The normalized spacial score (nSPS) is 11.1. The molecule has 2 heterocycles. The maximum Gasteiger partial charge on any atom is 0.226 e. The van der Waals surface area contributed by atoms with E-state index in [1.54, 1.807) is 13.3 Å². The number of hydrogen-bond donors (Lipinski definition) is 2. The van der Waals surface area contributed by atoms with Crippen LogP contribution in [0.5, 0.6) is 0 Å². The van der Waals surface area contributed by atoms with E-state index in [0.717, 1.165) is 17.2 Å². The van der Waals surface area contributed by atoms with Gasteiger partial charge in [0.2, 0.25) is 5.89 Å². The monoisotopic (exact) mass is 465 g/mol. The quantitative estimate of drug-likeness (QED) is 0.344. The second-order valence-electron chi connectivity index (χ2n) is 5.90. The molecular weight excluding hydrogens is 441 g/mol. The van der Waals surface area contributed by atoms with Gasteiger partial charge in [0.25, 0.3) is 0 Å². The Kier molecular flexibility index (Phi) is 7.26. The lowest BCUT2D eigenvalue weighted by Gasteiger charge is -2.11. The minimum absolute atomic E-state index is 0. The minimum atomic E-state index is 0. The molecule has 0 fully saturated rings. The first-order valence-corrected chi connectivity index (χ1v) is 8.22. The third-order valence-corrected chi connectivity index (χ3v) is 4.00. The molecule has 7 heteroatoms. The molecule has 0 aliphatic rings. The van der Waals surface area contributed by atoms with Gasteiger partial charge in [0.1, 0.15) is 6.26 Å². The number of nitrogens with zero attached hydrogens (tertiary/aromatic N) is 3. The number of oxazole rings is 1. The van der Waals surface area contributed by atoms with E-state index in [1.165, 1.54) is 11.3 Å². The fraction of sp³-hybridized carbons (Fsp3) is 0.263. The molecule has 3 aromatic rings. The zero-order chi connectivity index (χ0) is 17.6. The molecule has 0 amide bonds. The summed E-state index contributed by atoms with van der Waals surface area (Å²) >= 11 is 0. The lowest BCUT2D eigenvalue weighted by molar-refractivity contribution is 0.572. The maximum absolute atomic E-state index is 5.58. The van der Waals surface area contributed by atoms with Gasteiger partial charge in [-0.3, -0.25) is 4.99 Å². The Balaban J connectivity index is 0.00000243. The molecule has 1 aromatic carbocycles. The second kappa shape index (κ2) is 9.42. The SMILES string of the molecule is CN=C(NCc1coc(-c2ccc(C)cc2)n1)NCc1cccn1C.I. The first-order valence-electron chi connectivity index (χ1n) is 8.22. The molecule has 0 aliphatic heterocycles. The number of aryl methyl sites for hydroxylation is 2. The summed E-state index contributed by atoms with van der Waals surface area (Å²) in [5.74, 6) is 1.35. The van der Waals surface area contributed by atoms with Gasteiger partial charge in [-0.2, -0.15) is 0 Å². The lowest BCUT2D eigenvalue weighted by Crippen LogP contribution is -2.36. The molecule has 2 aromatic heterocycles. The van der Waals surface area contributed by atoms with Crippen LogP contribution in [0.4, 0.5) is 0 Å². The Bertz CT molecular complexity index is 851. The Labute approximate surface area is 170 Å². The molecule has 0 saturated carbocycles. The highest BCUT2D eigenvalue weighted by molar-refractivity contribution is 14.0. The van der Waals surface area contributed by atoms with E-state index in [-0.39, 0.29) is 24.0 Å². The van der Waals surface area contributed by atoms with Crippen molar-refractivity contribution >= 4 is 29.9 Å². The average molecular weight is 465 g/mol. The predicted octanol–water partition coefficient (Wildman–Crippen LogP) is 3.47. The van der Waals surface area contributed by atoms with E-state index in [1.807, 2.05) is 43.6 Å². The van der Waals surface area contributed by atoms with Crippen molar-refractivity contribution < 1.29 is 4.42 Å². The molecule has 0 atom stereocenters. The van der Waals surface area contributed by atoms with Crippen LogP contribution in [0.1, 0.15) is 17.0 Å². The van der Waals surface area contributed by atoms with Crippen molar-refractivity contribution in [2.45, 2.75) is 20.0 Å². The number of hydrogen-bond acceptors (Lipinski definition) is 3. The van der Waals surface area contributed by atoms with Crippen LogP contribution in [0.3, 0.4) is 0 Å². The van der Waals surface area contributed by atoms with Crippen LogP contribution in [0, 0.1) is 6.92 Å². The third kappa shape index (κ3) is 5.10. The number of aliphatic imine (C=N–C) groups is 1. The van der Waals surface area contributed by atoms with Gasteiger partial charge < -0.3 is 19.6 Å². The van der Waals surface area contributed by atoms with Crippen molar-refractivity contribution in [1.29, 1.82) is 0 Å².